The second-order valence-electron chi connectivity index (χ2n) is 1.41. The Morgan fingerprint density at radius 1 is 1.78 bits per heavy atom. The van der Waals surface area contributed by atoms with Gasteiger partial charge in [0.2, 0.25) is 5.12 Å². The average molecular weight is 147 g/mol. The van der Waals surface area contributed by atoms with Crippen molar-refractivity contribution >= 4 is 22.6 Å². The van der Waals surface area contributed by atoms with E-state index in [4.69, 9.17) is 5.21 Å². The predicted molar refractivity (Wildman–Crippen MR) is 38.0 cm³/mol. The highest BCUT2D eigenvalue weighted by atomic mass is 32.2. The molecule has 0 fully saturated rings. The molecule has 0 bridgehead atoms. The third kappa shape index (κ3) is 3.13. The molecule has 0 aromatic carbocycles. The Hall–Kier alpha value is -0.510. The van der Waals surface area contributed by atoms with E-state index in [-0.39, 0.29) is 10.8 Å². The van der Waals surface area contributed by atoms with E-state index < -0.39 is 0 Å². The van der Waals surface area contributed by atoms with Crippen LogP contribution in [0.3, 0.4) is 0 Å². The van der Waals surface area contributed by atoms with Gasteiger partial charge in [0, 0.05) is 0 Å². The third-order valence-corrected chi connectivity index (χ3v) is 1.57. The van der Waals surface area contributed by atoms with Gasteiger partial charge in [0.05, 0.1) is 0 Å². The number of oxime groups is 1. The van der Waals surface area contributed by atoms with Crippen LogP contribution in [0.1, 0.15) is 13.8 Å². The van der Waals surface area contributed by atoms with Gasteiger partial charge < -0.3 is 5.21 Å². The number of carbonyl (C=O) groups excluding carboxylic acids is 1. The standard InChI is InChI=1S/C5H9NO2S/c1-3-9-5(7)4(2)6-8/h8H,3H2,1-2H3/b6-4-. The first-order valence-electron chi connectivity index (χ1n) is 2.58. The molecule has 0 atom stereocenters. The summed E-state index contributed by atoms with van der Waals surface area (Å²) in [6, 6.07) is 0. The molecular weight excluding hydrogens is 138 g/mol. The minimum absolute atomic E-state index is 0.154. The minimum Gasteiger partial charge on any atom is -0.411 e. The lowest BCUT2D eigenvalue weighted by atomic mass is 10.5. The van der Waals surface area contributed by atoms with Crippen molar-refractivity contribution in [3.63, 3.8) is 0 Å². The summed E-state index contributed by atoms with van der Waals surface area (Å²) in [5.74, 6) is 0.714. The zero-order valence-electron chi connectivity index (χ0n) is 5.42. The fraction of sp³-hybridized carbons (Fsp3) is 0.600. The molecule has 0 saturated carbocycles. The van der Waals surface area contributed by atoms with Gasteiger partial charge in [-0.05, 0) is 12.7 Å². The molecule has 0 radical (unpaired) electrons. The smallest absolute Gasteiger partial charge is 0.236 e. The van der Waals surface area contributed by atoms with E-state index >= 15 is 0 Å². The van der Waals surface area contributed by atoms with Crippen molar-refractivity contribution in [2.24, 2.45) is 5.16 Å². The SMILES string of the molecule is CCSC(=O)/C(C)=N\O. The average Bonchev–Trinajstić information content (AvgIpc) is 1.87. The Morgan fingerprint density at radius 2 is 2.33 bits per heavy atom. The summed E-state index contributed by atoms with van der Waals surface area (Å²) in [7, 11) is 0. The molecule has 0 aromatic rings. The van der Waals surface area contributed by atoms with E-state index in [0.29, 0.717) is 5.75 Å². The molecular formula is C5H9NO2S. The molecule has 9 heavy (non-hydrogen) atoms. The molecule has 0 unspecified atom stereocenters. The van der Waals surface area contributed by atoms with E-state index in [2.05, 4.69) is 5.16 Å². The van der Waals surface area contributed by atoms with Crippen LogP contribution in [0.2, 0.25) is 0 Å². The summed E-state index contributed by atoms with van der Waals surface area (Å²) in [6.07, 6.45) is 0. The summed E-state index contributed by atoms with van der Waals surface area (Å²) in [6.45, 7) is 3.35. The van der Waals surface area contributed by atoms with Crippen LogP contribution < -0.4 is 0 Å². The maximum absolute atomic E-state index is 10.6. The van der Waals surface area contributed by atoms with Crippen molar-refractivity contribution in [2.45, 2.75) is 13.8 Å². The monoisotopic (exact) mass is 147 g/mol. The highest BCUT2D eigenvalue weighted by Gasteiger charge is 2.03. The molecule has 0 aliphatic carbocycles. The number of rotatable bonds is 2. The second-order valence-corrected chi connectivity index (χ2v) is 2.64. The molecule has 0 heterocycles. The van der Waals surface area contributed by atoms with E-state index in [9.17, 15) is 4.79 Å². The number of hydrogen-bond acceptors (Lipinski definition) is 4. The van der Waals surface area contributed by atoms with Gasteiger partial charge in [-0.15, -0.1) is 0 Å². The van der Waals surface area contributed by atoms with Gasteiger partial charge in [0.15, 0.2) is 0 Å². The molecule has 52 valence electrons. The molecule has 0 amide bonds. The molecule has 4 heteroatoms. The number of thioether (sulfide) groups is 1. The second kappa shape index (κ2) is 4.38. The summed E-state index contributed by atoms with van der Waals surface area (Å²) < 4.78 is 0. The van der Waals surface area contributed by atoms with Gasteiger partial charge in [-0.25, -0.2) is 0 Å². The topological polar surface area (TPSA) is 49.7 Å². The summed E-state index contributed by atoms with van der Waals surface area (Å²) in [5, 5.41) is 10.7. The van der Waals surface area contributed by atoms with Crippen molar-refractivity contribution in [1.82, 2.24) is 0 Å². The van der Waals surface area contributed by atoms with E-state index in [1.165, 1.54) is 6.92 Å². The molecule has 0 saturated heterocycles. The first-order chi connectivity index (χ1) is 4.22. The van der Waals surface area contributed by atoms with Crippen LogP contribution in [0.4, 0.5) is 0 Å². The maximum atomic E-state index is 10.6. The zero-order valence-corrected chi connectivity index (χ0v) is 6.23. The lowest BCUT2D eigenvalue weighted by molar-refractivity contribution is -0.105. The van der Waals surface area contributed by atoms with Crippen LogP contribution in [0.25, 0.3) is 0 Å². The van der Waals surface area contributed by atoms with Crippen LogP contribution in [0, 0.1) is 0 Å². The molecule has 0 aliphatic rings. The first-order valence-corrected chi connectivity index (χ1v) is 3.56. The van der Waals surface area contributed by atoms with Gasteiger partial charge in [-0.3, -0.25) is 4.79 Å². The Balaban J connectivity index is 3.74. The molecule has 0 aromatic heterocycles. The number of nitrogens with zero attached hydrogens (tertiary/aromatic N) is 1. The van der Waals surface area contributed by atoms with Gasteiger partial charge in [0.1, 0.15) is 5.71 Å². The fourth-order valence-electron chi connectivity index (χ4n) is 0.276. The normalized spacial score (nSPS) is 11.6. The van der Waals surface area contributed by atoms with Gasteiger partial charge in [0.25, 0.3) is 0 Å². The molecule has 0 rings (SSSR count). The van der Waals surface area contributed by atoms with Crippen molar-refractivity contribution < 1.29 is 10.0 Å². The van der Waals surface area contributed by atoms with E-state index in [0.717, 1.165) is 11.8 Å². The summed E-state index contributed by atoms with van der Waals surface area (Å²) in [5.41, 5.74) is 0.154. The Bertz CT molecular complexity index is 133. The van der Waals surface area contributed by atoms with Crippen molar-refractivity contribution in [3.05, 3.63) is 0 Å². The summed E-state index contributed by atoms with van der Waals surface area (Å²) >= 11 is 1.13. The highest BCUT2D eigenvalue weighted by Crippen LogP contribution is 2.01. The summed E-state index contributed by atoms with van der Waals surface area (Å²) in [4.78, 5) is 10.6. The lowest BCUT2D eigenvalue weighted by Gasteiger charge is -1.91. The van der Waals surface area contributed by atoms with Crippen molar-refractivity contribution in [3.8, 4) is 0 Å². The quantitative estimate of drug-likeness (QED) is 0.361. The Labute approximate surface area is 58.1 Å². The predicted octanol–water partition coefficient (Wildman–Crippen LogP) is 1.12. The number of carbonyl (C=O) groups is 1. The molecule has 3 nitrogen and oxygen atoms in total. The largest absolute Gasteiger partial charge is 0.411 e. The molecule has 1 N–H and O–H groups in total. The molecule has 0 aliphatic heterocycles. The number of hydrogen-bond donors (Lipinski definition) is 1. The van der Waals surface area contributed by atoms with Gasteiger partial charge in [-0.2, -0.15) is 0 Å². The van der Waals surface area contributed by atoms with Crippen LogP contribution in [-0.2, 0) is 4.79 Å². The lowest BCUT2D eigenvalue weighted by Crippen LogP contribution is -2.04. The third-order valence-electron chi connectivity index (χ3n) is 0.721. The van der Waals surface area contributed by atoms with Crippen LogP contribution >= 0.6 is 11.8 Å². The van der Waals surface area contributed by atoms with Crippen LogP contribution in [-0.4, -0.2) is 21.8 Å². The van der Waals surface area contributed by atoms with Gasteiger partial charge in [-0.1, -0.05) is 23.8 Å². The maximum Gasteiger partial charge on any atom is 0.236 e. The van der Waals surface area contributed by atoms with E-state index in [1.807, 2.05) is 6.92 Å². The minimum atomic E-state index is -0.167. The first kappa shape index (κ1) is 8.49. The van der Waals surface area contributed by atoms with Crippen molar-refractivity contribution in [1.29, 1.82) is 0 Å². The highest BCUT2D eigenvalue weighted by molar-refractivity contribution is 8.15. The van der Waals surface area contributed by atoms with E-state index in [1.54, 1.807) is 0 Å². The van der Waals surface area contributed by atoms with Crippen LogP contribution in [0.15, 0.2) is 5.16 Å². The Morgan fingerprint density at radius 3 is 2.67 bits per heavy atom. The molecule has 0 spiro atoms. The Kier molecular flexibility index (Phi) is 4.13. The fourth-order valence-corrected chi connectivity index (χ4v) is 0.788. The zero-order chi connectivity index (χ0) is 7.28. The van der Waals surface area contributed by atoms with Gasteiger partial charge >= 0.3 is 0 Å². The van der Waals surface area contributed by atoms with Crippen molar-refractivity contribution in [2.75, 3.05) is 5.75 Å². The van der Waals surface area contributed by atoms with Crippen LogP contribution in [0.5, 0.6) is 0 Å².